The van der Waals surface area contributed by atoms with Gasteiger partial charge < -0.3 is 9.42 Å². The van der Waals surface area contributed by atoms with Crippen LogP contribution in [0.25, 0.3) is 11.3 Å². The largest absolute Gasteiger partial charge is 0.350 e. The van der Waals surface area contributed by atoms with E-state index in [1.165, 1.54) is 5.56 Å². The summed E-state index contributed by atoms with van der Waals surface area (Å²) < 4.78 is 6.60. The minimum atomic E-state index is -0.113. The molecule has 0 aliphatic rings. The maximum atomic E-state index is 13.0. The Hall–Kier alpha value is -2.40. The van der Waals surface area contributed by atoms with Gasteiger partial charge in [-0.1, -0.05) is 63.0 Å². The number of hydrogen-bond acceptors (Lipinski definition) is 3. The highest BCUT2D eigenvalue weighted by Crippen LogP contribution is 2.29. The third-order valence-corrected chi connectivity index (χ3v) is 5.18. The Kier molecular flexibility index (Phi) is 6.11. The molecule has 0 aliphatic heterocycles. The molecular formula is C22H23BrN2O2. The van der Waals surface area contributed by atoms with E-state index < -0.39 is 0 Å². The van der Waals surface area contributed by atoms with Crippen LogP contribution < -0.4 is 0 Å². The van der Waals surface area contributed by atoms with Crippen LogP contribution in [0.4, 0.5) is 0 Å². The lowest BCUT2D eigenvalue weighted by atomic mass is 9.98. The van der Waals surface area contributed by atoms with Gasteiger partial charge in [0.05, 0.1) is 0 Å². The van der Waals surface area contributed by atoms with Gasteiger partial charge in [0, 0.05) is 35.1 Å². The van der Waals surface area contributed by atoms with Crippen LogP contribution in [-0.2, 0) is 6.42 Å². The van der Waals surface area contributed by atoms with E-state index in [-0.39, 0.29) is 5.91 Å². The first-order valence-electron chi connectivity index (χ1n) is 9.12. The number of benzene rings is 2. The fraction of sp³-hybridized carbons (Fsp3) is 0.273. The van der Waals surface area contributed by atoms with E-state index in [9.17, 15) is 4.79 Å². The van der Waals surface area contributed by atoms with Gasteiger partial charge in [-0.2, -0.15) is 0 Å². The van der Waals surface area contributed by atoms with Gasteiger partial charge >= 0.3 is 0 Å². The zero-order valence-corrected chi connectivity index (χ0v) is 17.4. The van der Waals surface area contributed by atoms with E-state index in [1.807, 2.05) is 69.3 Å². The molecule has 3 aromatic rings. The van der Waals surface area contributed by atoms with Crippen molar-refractivity contribution in [2.24, 2.45) is 0 Å². The topological polar surface area (TPSA) is 46.3 Å². The SMILES string of the molecule is CCN(CC)C(=O)c1onc(-c2ccc(C)cc2)c1Cc1ccc(Br)cc1. The third kappa shape index (κ3) is 4.30. The van der Waals surface area contributed by atoms with Crippen LogP contribution in [0.3, 0.4) is 0 Å². The van der Waals surface area contributed by atoms with Crippen molar-refractivity contribution in [1.29, 1.82) is 0 Å². The predicted molar refractivity (Wildman–Crippen MR) is 111 cm³/mol. The van der Waals surface area contributed by atoms with Crippen molar-refractivity contribution in [1.82, 2.24) is 10.1 Å². The molecule has 3 rings (SSSR count). The molecule has 4 nitrogen and oxygen atoms in total. The summed E-state index contributed by atoms with van der Waals surface area (Å²) in [6.45, 7) is 7.24. The Labute approximate surface area is 168 Å². The van der Waals surface area contributed by atoms with E-state index in [0.717, 1.165) is 26.9 Å². The summed E-state index contributed by atoms with van der Waals surface area (Å²) in [6, 6.07) is 16.2. The molecule has 1 aromatic heterocycles. The molecule has 0 atom stereocenters. The Bertz CT molecular complexity index is 910. The number of amides is 1. The van der Waals surface area contributed by atoms with Gasteiger partial charge in [-0.15, -0.1) is 0 Å². The van der Waals surface area contributed by atoms with Crippen LogP contribution in [0.1, 0.15) is 41.1 Å². The number of aryl methyl sites for hydroxylation is 1. The molecule has 1 amide bonds. The molecule has 5 heteroatoms. The highest BCUT2D eigenvalue weighted by Gasteiger charge is 2.26. The molecule has 0 bridgehead atoms. The van der Waals surface area contributed by atoms with E-state index >= 15 is 0 Å². The highest BCUT2D eigenvalue weighted by molar-refractivity contribution is 9.10. The average molecular weight is 427 g/mol. The summed E-state index contributed by atoms with van der Waals surface area (Å²) in [5, 5.41) is 4.27. The zero-order chi connectivity index (χ0) is 19.4. The van der Waals surface area contributed by atoms with Gasteiger partial charge in [-0.25, -0.2) is 0 Å². The van der Waals surface area contributed by atoms with Gasteiger partial charge in [-0.05, 0) is 38.5 Å². The third-order valence-electron chi connectivity index (χ3n) is 4.65. The summed E-state index contributed by atoms with van der Waals surface area (Å²) in [6.07, 6.45) is 0.586. The number of carbonyl (C=O) groups excluding carboxylic acids is 1. The first-order valence-corrected chi connectivity index (χ1v) is 9.92. The van der Waals surface area contributed by atoms with Crippen LogP contribution in [0.15, 0.2) is 57.5 Å². The second-order valence-electron chi connectivity index (χ2n) is 6.49. The quantitative estimate of drug-likeness (QED) is 0.523. The first kappa shape index (κ1) is 19.4. The smallest absolute Gasteiger partial charge is 0.292 e. The van der Waals surface area contributed by atoms with E-state index in [0.29, 0.717) is 25.3 Å². The second kappa shape index (κ2) is 8.53. The molecule has 0 unspecified atom stereocenters. The maximum absolute atomic E-state index is 13.0. The molecule has 2 aromatic carbocycles. The number of halogens is 1. The average Bonchev–Trinajstić information content (AvgIpc) is 3.08. The standard InChI is InChI=1S/C22H23BrN2O2/c1-4-25(5-2)22(26)21-19(14-16-8-12-18(23)13-9-16)20(24-27-21)17-10-6-15(3)7-11-17/h6-13H,4-5,14H2,1-3H3. The van der Waals surface area contributed by atoms with Crippen LogP contribution in [0.5, 0.6) is 0 Å². The molecule has 0 radical (unpaired) electrons. The van der Waals surface area contributed by atoms with Gasteiger partial charge in [0.15, 0.2) is 0 Å². The van der Waals surface area contributed by atoms with Crippen LogP contribution in [0.2, 0.25) is 0 Å². The van der Waals surface area contributed by atoms with Crippen LogP contribution in [-0.4, -0.2) is 29.1 Å². The number of carbonyl (C=O) groups is 1. The number of rotatable bonds is 6. The van der Waals surface area contributed by atoms with Crippen molar-refractivity contribution < 1.29 is 9.32 Å². The van der Waals surface area contributed by atoms with Gasteiger partial charge in [0.1, 0.15) is 5.69 Å². The predicted octanol–water partition coefficient (Wildman–Crippen LogP) is 5.49. The fourth-order valence-corrected chi connectivity index (χ4v) is 3.30. The summed E-state index contributed by atoms with van der Waals surface area (Å²) in [5.41, 5.74) is 4.79. The van der Waals surface area contributed by atoms with E-state index in [2.05, 4.69) is 21.1 Å². The maximum Gasteiger partial charge on any atom is 0.292 e. The van der Waals surface area contributed by atoms with E-state index in [1.54, 1.807) is 4.90 Å². The Morgan fingerprint density at radius 1 is 1.04 bits per heavy atom. The number of aromatic nitrogens is 1. The van der Waals surface area contributed by atoms with Crippen molar-refractivity contribution in [3.8, 4) is 11.3 Å². The first-order chi connectivity index (χ1) is 13.0. The van der Waals surface area contributed by atoms with Crippen molar-refractivity contribution >= 4 is 21.8 Å². The molecule has 1 heterocycles. The molecule has 27 heavy (non-hydrogen) atoms. The molecule has 140 valence electrons. The molecule has 0 spiro atoms. The summed E-state index contributed by atoms with van der Waals surface area (Å²) in [7, 11) is 0. The normalized spacial score (nSPS) is 10.8. The fourth-order valence-electron chi connectivity index (χ4n) is 3.04. The Balaban J connectivity index is 2.06. The zero-order valence-electron chi connectivity index (χ0n) is 15.8. The summed E-state index contributed by atoms with van der Waals surface area (Å²) >= 11 is 3.47. The molecule has 0 fully saturated rings. The molecule has 0 saturated heterocycles. The van der Waals surface area contributed by atoms with Crippen molar-refractivity contribution in [2.45, 2.75) is 27.2 Å². The van der Waals surface area contributed by atoms with Crippen LogP contribution >= 0.6 is 15.9 Å². The number of nitrogens with zero attached hydrogens (tertiary/aromatic N) is 2. The van der Waals surface area contributed by atoms with Gasteiger partial charge in [0.25, 0.3) is 5.91 Å². The minimum absolute atomic E-state index is 0.113. The van der Waals surface area contributed by atoms with Gasteiger partial charge in [0.2, 0.25) is 5.76 Å². The monoisotopic (exact) mass is 426 g/mol. The van der Waals surface area contributed by atoms with Crippen LogP contribution in [0, 0.1) is 6.92 Å². The van der Waals surface area contributed by atoms with E-state index in [4.69, 9.17) is 4.52 Å². The highest BCUT2D eigenvalue weighted by atomic mass is 79.9. The Morgan fingerprint density at radius 3 is 2.26 bits per heavy atom. The molecular weight excluding hydrogens is 404 g/mol. The molecule has 0 aliphatic carbocycles. The summed E-state index contributed by atoms with van der Waals surface area (Å²) in [5.74, 6) is 0.218. The molecule has 0 saturated carbocycles. The van der Waals surface area contributed by atoms with Crippen molar-refractivity contribution in [3.63, 3.8) is 0 Å². The lowest BCUT2D eigenvalue weighted by Gasteiger charge is -2.17. The van der Waals surface area contributed by atoms with Gasteiger partial charge in [-0.3, -0.25) is 4.79 Å². The summed E-state index contributed by atoms with van der Waals surface area (Å²) in [4.78, 5) is 14.7. The molecule has 0 N–H and O–H groups in total. The lowest BCUT2D eigenvalue weighted by molar-refractivity contribution is 0.0730. The van der Waals surface area contributed by atoms with Crippen molar-refractivity contribution in [3.05, 3.63) is 75.5 Å². The Morgan fingerprint density at radius 2 is 1.67 bits per heavy atom. The number of hydrogen-bond donors (Lipinski definition) is 0. The van der Waals surface area contributed by atoms with Crippen molar-refractivity contribution in [2.75, 3.05) is 13.1 Å². The lowest BCUT2D eigenvalue weighted by Crippen LogP contribution is -2.30. The second-order valence-corrected chi connectivity index (χ2v) is 7.40. The minimum Gasteiger partial charge on any atom is -0.350 e.